The van der Waals surface area contributed by atoms with E-state index in [2.05, 4.69) is 14.7 Å². The zero-order valence-electron chi connectivity index (χ0n) is 11.1. The molecule has 1 aromatic rings. The quantitative estimate of drug-likeness (QED) is 0.868. The number of piperidine rings is 1. The molecule has 0 bridgehead atoms. The minimum atomic E-state index is -3.43. The van der Waals surface area contributed by atoms with E-state index >= 15 is 0 Å². The maximum Gasteiger partial charge on any atom is 0.243 e. The zero-order chi connectivity index (χ0) is 13.5. The summed E-state index contributed by atoms with van der Waals surface area (Å²) in [6, 6.07) is 0.422. The van der Waals surface area contributed by atoms with Crippen molar-refractivity contribution in [1.82, 2.24) is 19.4 Å². The maximum absolute atomic E-state index is 12.3. The van der Waals surface area contributed by atoms with Gasteiger partial charge in [-0.3, -0.25) is 9.58 Å². The number of nitrogens with one attached hydrogen (secondary N) is 1. The molecule has 2 fully saturated rings. The highest BCUT2D eigenvalue weighted by molar-refractivity contribution is 7.89. The van der Waals surface area contributed by atoms with Crippen LogP contribution in [0.2, 0.25) is 0 Å². The van der Waals surface area contributed by atoms with Crippen molar-refractivity contribution in [2.24, 2.45) is 7.05 Å². The second kappa shape index (κ2) is 4.88. The molecule has 2 aliphatic heterocycles. The van der Waals surface area contributed by atoms with Crippen molar-refractivity contribution in [3.8, 4) is 0 Å². The molecule has 3 rings (SSSR count). The average molecular weight is 284 g/mol. The third-order valence-electron chi connectivity index (χ3n) is 4.15. The fourth-order valence-corrected chi connectivity index (χ4v) is 4.48. The van der Waals surface area contributed by atoms with Gasteiger partial charge in [0, 0.05) is 31.9 Å². The van der Waals surface area contributed by atoms with E-state index < -0.39 is 10.0 Å². The SMILES string of the molecule is Cn1cc(S(=O)(=O)NC2CCN3CCCCC23)cn1. The molecule has 7 heteroatoms. The number of aryl methyl sites for hydroxylation is 1. The third-order valence-corrected chi connectivity index (χ3v) is 5.60. The number of hydrogen-bond donors (Lipinski definition) is 1. The minimum absolute atomic E-state index is 0.0468. The molecule has 0 aliphatic carbocycles. The maximum atomic E-state index is 12.3. The molecule has 2 unspecified atom stereocenters. The Morgan fingerprint density at radius 3 is 2.89 bits per heavy atom. The van der Waals surface area contributed by atoms with E-state index in [0.717, 1.165) is 25.9 Å². The van der Waals surface area contributed by atoms with Gasteiger partial charge in [0.05, 0.1) is 6.20 Å². The lowest BCUT2D eigenvalue weighted by molar-refractivity contribution is 0.186. The molecule has 3 heterocycles. The van der Waals surface area contributed by atoms with Gasteiger partial charge in [-0.25, -0.2) is 13.1 Å². The van der Waals surface area contributed by atoms with Gasteiger partial charge in [0.15, 0.2) is 0 Å². The summed E-state index contributed by atoms with van der Waals surface area (Å²) in [6.45, 7) is 2.11. The van der Waals surface area contributed by atoms with Crippen LogP contribution in [0.5, 0.6) is 0 Å². The molecule has 106 valence electrons. The van der Waals surface area contributed by atoms with Crippen molar-refractivity contribution in [3.05, 3.63) is 12.4 Å². The summed E-state index contributed by atoms with van der Waals surface area (Å²) in [7, 11) is -1.71. The molecule has 0 aromatic carbocycles. The Kier molecular flexibility index (Phi) is 3.36. The van der Waals surface area contributed by atoms with Crippen LogP contribution in [0.15, 0.2) is 17.3 Å². The van der Waals surface area contributed by atoms with Gasteiger partial charge in [-0.1, -0.05) is 6.42 Å². The first-order valence-electron chi connectivity index (χ1n) is 6.81. The number of fused-ring (bicyclic) bond motifs is 1. The van der Waals surface area contributed by atoms with Crippen molar-refractivity contribution in [3.63, 3.8) is 0 Å². The summed E-state index contributed by atoms with van der Waals surface area (Å²) < 4.78 is 29.0. The first-order chi connectivity index (χ1) is 9.06. The Bertz CT molecular complexity index is 554. The van der Waals surface area contributed by atoms with Crippen LogP contribution in [0.3, 0.4) is 0 Å². The normalized spacial score (nSPS) is 28.5. The van der Waals surface area contributed by atoms with E-state index in [4.69, 9.17) is 0 Å². The van der Waals surface area contributed by atoms with Gasteiger partial charge in [-0.05, 0) is 25.8 Å². The van der Waals surface area contributed by atoms with Crippen LogP contribution in [-0.4, -0.2) is 48.3 Å². The Balaban J connectivity index is 1.74. The fourth-order valence-electron chi connectivity index (χ4n) is 3.19. The van der Waals surface area contributed by atoms with E-state index in [1.165, 1.54) is 29.9 Å². The average Bonchev–Trinajstić information content (AvgIpc) is 2.97. The van der Waals surface area contributed by atoms with Gasteiger partial charge in [0.1, 0.15) is 4.90 Å². The number of rotatable bonds is 3. The number of sulfonamides is 1. The fraction of sp³-hybridized carbons (Fsp3) is 0.750. The van der Waals surface area contributed by atoms with Gasteiger partial charge >= 0.3 is 0 Å². The lowest BCUT2D eigenvalue weighted by atomic mass is 10.00. The molecule has 1 N–H and O–H groups in total. The van der Waals surface area contributed by atoms with Gasteiger partial charge in [0.25, 0.3) is 0 Å². The van der Waals surface area contributed by atoms with Crippen molar-refractivity contribution < 1.29 is 8.42 Å². The van der Waals surface area contributed by atoms with Gasteiger partial charge < -0.3 is 0 Å². The molecule has 2 saturated heterocycles. The molecule has 19 heavy (non-hydrogen) atoms. The zero-order valence-corrected chi connectivity index (χ0v) is 11.9. The van der Waals surface area contributed by atoms with Crippen molar-refractivity contribution >= 4 is 10.0 Å². The first-order valence-corrected chi connectivity index (χ1v) is 8.29. The summed E-state index contributed by atoms with van der Waals surface area (Å²) in [5.74, 6) is 0. The molecule has 1 aromatic heterocycles. The van der Waals surface area contributed by atoms with Crippen LogP contribution < -0.4 is 4.72 Å². The molecule has 0 saturated carbocycles. The molecule has 0 spiro atoms. The third kappa shape index (κ3) is 2.54. The Morgan fingerprint density at radius 2 is 2.16 bits per heavy atom. The van der Waals surface area contributed by atoms with E-state index in [1.54, 1.807) is 7.05 Å². The summed E-state index contributed by atoms with van der Waals surface area (Å²) in [5, 5.41) is 3.93. The second-order valence-electron chi connectivity index (χ2n) is 5.47. The standard InChI is InChI=1S/C12H20N4O2S/c1-15-9-10(8-13-15)19(17,18)14-11-5-7-16-6-3-2-4-12(11)16/h8-9,11-12,14H,2-7H2,1H3. The Labute approximate surface area is 113 Å². The molecular weight excluding hydrogens is 264 g/mol. The van der Waals surface area contributed by atoms with E-state index in [9.17, 15) is 8.42 Å². The minimum Gasteiger partial charge on any atom is -0.299 e. The highest BCUT2D eigenvalue weighted by Crippen LogP contribution is 2.28. The molecule has 2 atom stereocenters. The van der Waals surface area contributed by atoms with Crippen molar-refractivity contribution in [1.29, 1.82) is 0 Å². The number of aromatic nitrogens is 2. The van der Waals surface area contributed by atoms with E-state index in [1.807, 2.05) is 0 Å². The topological polar surface area (TPSA) is 67.2 Å². The van der Waals surface area contributed by atoms with Gasteiger partial charge in [-0.15, -0.1) is 0 Å². The first kappa shape index (κ1) is 13.1. The lowest BCUT2D eigenvalue weighted by Gasteiger charge is -2.32. The van der Waals surface area contributed by atoms with Crippen LogP contribution >= 0.6 is 0 Å². The van der Waals surface area contributed by atoms with Crippen LogP contribution in [0, 0.1) is 0 Å². The summed E-state index contributed by atoms with van der Waals surface area (Å²) >= 11 is 0. The van der Waals surface area contributed by atoms with Crippen LogP contribution in [0.1, 0.15) is 25.7 Å². The highest BCUT2D eigenvalue weighted by Gasteiger charge is 2.37. The van der Waals surface area contributed by atoms with Gasteiger partial charge in [-0.2, -0.15) is 5.10 Å². The molecule has 2 aliphatic rings. The number of hydrogen-bond acceptors (Lipinski definition) is 4. The second-order valence-corrected chi connectivity index (χ2v) is 7.18. The van der Waals surface area contributed by atoms with Crippen LogP contribution in [0.25, 0.3) is 0 Å². The lowest BCUT2D eigenvalue weighted by Crippen LogP contribution is -2.46. The largest absolute Gasteiger partial charge is 0.299 e. The summed E-state index contributed by atoms with van der Waals surface area (Å²) in [6.07, 6.45) is 7.38. The Hall–Kier alpha value is -0.920. The van der Waals surface area contributed by atoms with Gasteiger partial charge in [0.2, 0.25) is 10.0 Å². The van der Waals surface area contributed by atoms with Crippen molar-refractivity contribution in [2.75, 3.05) is 13.1 Å². The van der Waals surface area contributed by atoms with Crippen LogP contribution in [0.4, 0.5) is 0 Å². The Morgan fingerprint density at radius 1 is 1.32 bits per heavy atom. The smallest absolute Gasteiger partial charge is 0.243 e. The molecular formula is C12H20N4O2S. The molecule has 0 radical (unpaired) electrons. The molecule has 6 nitrogen and oxygen atoms in total. The highest BCUT2D eigenvalue weighted by atomic mass is 32.2. The van der Waals surface area contributed by atoms with E-state index in [0.29, 0.717) is 6.04 Å². The van der Waals surface area contributed by atoms with Crippen LogP contribution in [-0.2, 0) is 17.1 Å². The monoisotopic (exact) mass is 284 g/mol. The number of nitrogens with zero attached hydrogens (tertiary/aromatic N) is 3. The van der Waals surface area contributed by atoms with Crippen molar-refractivity contribution in [2.45, 2.75) is 42.7 Å². The predicted molar refractivity (Wildman–Crippen MR) is 71.1 cm³/mol. The predicted octanol–water partition coefficient (Wildman–Crippen LogP) is 0.325. The summed E-state index contributed by atoms with van der Waals surface area (Å²) in [4.78, 5) is 2.67. The molecule has 0 amide bonds. The van der Waals surface area contributed by atoms with E-state index in [-0.39, 0.29) is 10.9 Å². The summed E-state index contributed by atoms with van der Waals surface area (Å²) in [5.41, 5.74) is 0.